The normalized spacial score (nSPS) is 11.1. The Morgan fingerprint density at radius 2 is 0.865 bits per heavy atom. The Kier molecular flexibility index (Phi) is 19.5. The molecular weight excluding hydrogens is 567 g/mol. The summed E-state index contributed by atoms with van der Waals surface area (Å²) < 4.78 is 3.08. The number of carbonyl (C=O) groups is 2. The summed E-state index contributed by atoms with van der Waals surface area (Å²) in [5, 5.41) is 22.7. The molecular formula is C32H44O4Sn. The molecule has 2 aromatic rings. The first-order valence-corrected chi connectivity index (χ1v) is 16.9. The number of carboxylic acids is 2. The Morgan fingerprint density at radius 3 is 1.19 bits per heavy atom. The van der Waals surface area contributed by atoms with Crippen LogP contribution in [0.25, 0.3) is 0 Å². The zero-order valence-corrected chi connectivity index (χ0v) is 25.7. The number of hydrogen-bond acceptors (Lipinski definition) is 4. The van der Waals surface area contributed by atoms with Gasteiger partial charge in [0.1, 0.15) is 0 Å². The van der Waals surface area contributed by atoms with Crippen molar-refractivity contribution in [1.29, 1.82) is 0 Å². The van der Waals surface area contributed by atoms with Crippen molar-refractivity contribution in [2.75, 3.05) is 0 Å². The predicted octanol–water partition coefficient (Wildman–Crippen LogP) is 4.63. The second-order valence-corrected chi connectivity index (χ2v) is 13.4. The van der Waals surface area contributed by atoms with Crippen molar-refractivity contribution < 1.29 is 19.8 Å². The number of hydrogen-bond donors (Lipinski definition) is 0. The first-order chi connectivity index (χ1) is 18.0. The Hall–Kier alpha value is -2.08. The molecule has 0 unspecified atom stereocenters. The molecule has 0 saturated carbocycles. The molecule has 200 valence electrons. The average Bonchev–Trinajstić information content (AvgIpc) is 2.90. The van der Waals surface area contributed by atoms with Crippen molar-refractivity contribution in [2.45, 2.75) is 104 Å². The summed E-state index contributed by atoms with van der Waals surface area (Å²) in [4.78, 5) is 22.7. The third-order valence-electron chi connectivity index (χ3n) is 6.25. The molecule has 0 atom stereocenters. The average molecular weight is 611 g/mol. The molecule has 5 heteroatoms. The first kappa shape index (κ1) is 32.9. The monoisotopic (exact) mass is 612 g/mol. The maximum atomic E-state index is 11.3. The number of carbonyl (C=O) groups excluding carboxylic acids is 2. The number of unbranched alkanes of at least 4 members (excludes halogenated alkanes) is 10. The van der Waals surface area contributed by atoms with Gasteiger partial charge in [-0.1, -0.05) is 78.1 Å². The van der Waals surface area contributed by atoms with E-state index in [0.717, 1.165) is 51.4 Å². The summed E-state index contributed by atoms with van der Waals surface area (Å²) in [6, 6.07) is 21.6. The van der Waals surface area contributed by atoms with Crippen LogP contribution in [0.2, 0.25) is 0 Å². The molecule has 0 bridgehead atoms. The van der Waals surface area contributed by atoms with Crippen LogP contribution in [0.15, 0.2) is 71.8 Å². The van der Waals surface area contributed by atoms with Crippen LogP contribution in [-0.4, -0.2) is 33.1 Å². The van der Waals surface area contributed by atoms with Gasteiger partial charge >= 0.3 is 89.0 Å². The van der Waals surface area contributed by atoms with Gasteiger partial charge in [-0.2, -0.15) is 0 Å². The van der Waals surface area contributed by atoms with Crippen LogP contribution in [-0.2, 0) is 9.59 Å². The molecule has 0 spiro atoms. The summed E-state index contributed by atoms with van der Waals surface area (Å²) >= 11 is -0.517. The van der Waals surface area contributed by atoms with E-state index in [1.165, 1.54) is 20.0 Å². The summed E-state index contributed by atoms with van der Waals surface area (Å²) in [5.41, 5.74) is -0.113. The van der Waals surface area contributed by atoms with Gasteiger partial charge in [0.05, 0.1) is 11.9 Å². The van der Waals surface area contributed by atoms with Crippen LogP contribution in [0, 0.1) is 0 Å². The Balaban J connectivity index is 0.000000435. The molecule has 0 N–H and O–H groups in total. The SMILES string of the molecule is CCCCCCCC/C(C(=O)[O-])=C(\CCCCCCCC)C(=O)[O-].c1cc[c]([Sn+2][c]2ccccc2)cc1. The maximum absolute atomic E-state index is 11.3. The zero-order valence-electron chi connectivity index (χ0n) is 22.8. The molecule has 0 aliphatic heterocycles. The topological polar surface area (TPSA) is 80.3 Å². The molecule has 2 aromatic carbocycles. The van der Waals surface area contributed by atoms with E-state index >= 15 is 0 Å². The van der Waals surface area contributed by atoms with Gasteiger partial charge in [0, 0.05) is 0 Å². The number of rotatable bonds is 18. The third kappa shape index (κ3) is 16.4. The molecule has 0 heterocycles. The summed E-state index contributed by atoms with van der Waals surface area (Å²) in [5.74, 6) is -2.71. The van der Waals surface area contributed by atoms with Gasteiger partial charge in [-0.05, 0) is 36.8 Å². The van der Waals surface area contributed by atoms with Crippen molar-refractivity contribution in [3.8, 4) is 0 Å². The van der Waals surface area contributed by atoms with Gasteiger partial charge < -0.3 is 19.8 Å². The van der Waals surface area contributed by atoms with Gasteiger partial charge in [-0.25, -0.2) is 0 Å². The fourth-order valence-corrected chi connectivity index (χ4v) is 7.13. The van der Waals surface area contributed by atoms with Crippen molar-refractivity contribution in [3.05, 3.63) is 71.8 Å². The van der Waals surface area contributed by atoms with E-state index in [-0.39, 0.29) is 24.0 Å². The fraction of sp³-hybridized carbons (Fsp3) is 0.500. The molecule has 0 aliphatic rings. The molecule has 0 aromatic heterocycles. The van der Waals surface area contributed by atoms with Gasteiger partial charge in [-0.15, -0.1) is 0 Å². The van der Waals surface area contributed by atoms with E-state index in [2.05, 4.69) is 74.5 Å². The van der Waals surface area contributed by atoms with E-state index in [4.69, 9.17) is 0 Å². The van der Waals surface area contributed by atoms with Crippen LogP contribution in [0.3, 0.4) is 0 Å². The van der Waals surface area contributed by atoms with Crippen LogP contribution >= 0.6 is 0 Å². The predicted molar refractivity (Wildman–Crippen MR) is 151 cm³/mol. The standard InChI is InChI=1S/C20H36O4.2C6H5.Sn/c1-3-5-7-9-11-13-15-17(19(21)22)18(20(23)24)16-14-12-10-8-6-4-2;2*1-2-4-6-5-3-1;/h3-16H2,1-2H3,(H,21,22)(H,23,24);2*1-5H;/q;;;+2/p-2/b18-17-;;;. The van der Waals surface area contributed by atoms with Crippen LogP contribution in [0.1, 0.15) is 104 Å². The zero-order chi connectivity index (χ0) is 27.1. The molecule has 0 fully saturated rings. The van der Waals surface area contributed by atoms with Crippen molar-refractivity contribution >= 4 is 40.2 Å². The molecule has 0 amide bonds. The van der Waals surface area contributed by atoms with Crippen LogP contribution in [0.4, 0.5) is 0 Å². The quantitative estimate of drug-likeness (QED) is 0.140. The van der Waals surface area contributed by atoms with E-state index in [9.17, 15) is 19.8 Å². The van der Waals surface area contributed by atoms with Crippen LogP contribution < -0.4 is 17.4 Å². The second kappa shape index (κ2) is 22.0. The third-order valence-corrected chi connectivity index (χ3v) is 9.80. The van der Waals surface area contributed by atoms with Gasteiger partial charge in [0.2, 0.25) is 0 Å². The summed E-state index contributed by atoms with van der Waals surface area (Å²) in [7, 11) is 0. The number of benzene rings is 2. The Bertz CT molecular complexity index is 820. The second-order valence-electron chi connectivity index (χ2n) is 9.42. The molecule has 37 heavy (non-hydrogen) atoms. The molecule has 4 nitrogen and oxygen atoms in total. The van der Waals surface area contributed by atoms with Gasteiger partial charge in [0.15, 0.2) is 0 Å². The molecule has 0 saturated heterocycles. The van der Waals surface area contributed by atoms with Gasteiger partial charge in [0.25, 0.3) is 0 Å². The van der Waals surface area contributed by atoms with Crippen molar-refractivity contribution in [3.63, 3.8) is 0 Å². The van der Waals surface area contributed by atoms with E-state index in [1.54, 1.807) is 0 Å². The summed E-state index contributed by atoms with van der Waals surface area (Å²) in [6.07, 6.45) is 12.9. The van der Waals surface area contributed by atoms with Crippen LogP contribution in [0.5, 0.6) is 0 Å². The first-order valence-electron chi connectivity index (χ1n) is 14.0. The van der Waals surface area contributed by atoms with E-state index < -0.39 is 33.1 Å². The minimum absolute atomic E-state index is 0.0564. The minimum atomic E-state index is -1.35. The van der Waals surface area contributed by atoms with Gasteiger partial charge in [-0.3, -0.25) is 0 Å². The summed E-state index contributed by atoms with van der Waals surface area (Å²) in [6.45, 7) is 4.29. The molecule has 0 radical (unpaired) electrons. The molecule has 0 aliphatic carbocycles. The number of aliphatic carboxylic acids is 2. The molecule has 2 rings (SSSR count). The van der Waals surface area contributed by atoms with E-state index in [1.807, 2.05) is 0 Å². The Labute approximate surface area is 234 Å². The van der Waals surface area contributed by atoms with E-state index in [0.29, 0.717) is 12.8 Å². The number of carboxylic acid groups (broad SMARTS) is 2. The fourth-order valence-electron chi connectivity index (χ4n) is 4.13. The van der Waals surface area contributed by atoms with Crippen molar-refractivity contribution in [1.82, 2.24) is 0 Å². The Morgan fingerprint density at radius 1 is 0.541 bits per heavy atom. The van der Waals surface area contributed by atoms with Crippen molar-refractivity contribution in [2.24, 2.45) is 0 Å².